The lowest BCUT2D eigenvalue weighted by molar-refractivity contribution is -0.143. The maximum atomic E-state index is 12.8. The van der Waals surface area contributed by atoms with E-state index in [0.29, 0.717) is 25.9 Å². The molecule has 0 bridgehead atoms. The Balaban J connectivity index is 1.74. The fourth-order valence-electron chi connectivity index (χ4n) is 3.37. The number of carboxylic acids is 1. The van der Waals surface area contributed by atoms with Crippen LogP contribution in [0.25, 0.3) is 0 Å². The first-order valence-electron chi connectivity index (χ1n) is 7.47. The number of carboxylic acid groups (broad SMARTS) is 1. The summed E-state index contributed by atoms with van der Waals surface area (Å²) in [4.78, 5) is 27.5. The number of hydrogen-bond donors (Lipinski definition) is 1. The SMILES string of the molecule is CC1CC(C(=O)O)CCN1C(=O)N1CCc2ccccc21. The molecule has 0 aliphatic carbocycles. The molecule has 1 N–H and O–H groups in total. The zero-order valence-corrected chi connectivity index (χ0v) is 12.2. The first kappa shape index (κ1) is 13.9. The lowest BCUT2D eigenvalue weighted by Crippen LogP contribution is -2.51. The van der Waals surface area contributed by atoms with E-state index in [1.807, 2.05) is 34.9 Å². The van der Waals surface area contributed by atoms with Gasteiger partial charge in [0, 0.05) is 24.8 Å². The summed E-state index contributed by atoms with van der Waals surface area (Å²) in [7, 11) is 0. The zero-order chi connectivity index (χ0) is 15.0. The molecule has 2 aliphatic rings. The van der Waals surface area contributed by atoms with Gasteiger partial charge in [-0.05, 0) is 37.8 Å². The third kappa shape index (κ3) is 2.48. The second kappa shape index (κ2) is 5.39. The van der Waals surface area contributed by atoms with Crippen LogP contribution >= 0.6 is 0 Å². The molecule has 2 aliphatic heterocycles. The summed E-state index contributed by atoms with van der Waals surface area (Å²) < 4.78 is 0. The van der Waals surface area contributed by atoms with Crippen LogP contribution in [0.3, 0.4) is 0 Å². The van der Waals surface area contributed by atoms with Gasteiger partial charge < -0.3 is 10.0 Å². The van der Waals surface area contributed by atoms with Crippen molar-refractivity contribution in [1.82, 2.24) is 4.90 Å². The van der Waals surface area contributed by atoms with Crippen LogP contribution < -0.4 is 4.90 Å². The van der Waals surface area contributed by atoms with E-state index in [1.165, 1.54) is 5.56 Å². The molecule has 3 rings (SSSR count). The molecule has 1 aromatic carbocycles. The second-order valence-electron chi connectivity index (χ2n) is 5.91. The number of benzene rings is 1. The highest BCUT2D eigenvalue weighted by Crippen LogP contribution is 2.31. The molecule has 1 aromatic rings. The van der Waals surface area contributed by atoms with Crippen molar-refractivity contribution in [2.45, 2.75) is 32.2 Å². The minimum Gasteiger partial charge on any atom is -0.481 e. The Labute approximate surface area is 124 Å². The molecule has 0 spiro atoms. The van der Waals surface area contributed by atoms with Gasteiger partial charge in [-0.2, -0.15) is 0 Å². The number of carbonyl (C=O) groups excluding carboxylic acids is 1. The number of nitrogens with zero attached hydrogens (tertiary/aromatic N) is 2. The average molecular weight is 288 g/mol. The van der Waals surface area contributed by atoms with E-state index in [-0.39, 0.29) is 18.0 Å². The monoisotopic (exact) mass is 288 g/mol. The third-order valence-electron chi connectivity index (χ3n) is 4.59. The van der Waals surface area contributed by atoms with Crippen molar-refractivity contribution in [2.75, 3.05) is 18.0 Å². The van der Waals surface area contributed by atoms with Gasteiger partial charge in [-0.15, -0.1) is 0 Å². The molecule has 0 aromatic heterocycles. The van der Waals surface area contributed by atoms with Gasteiger partial charge in [0.2, 0.25) is 0 Å². The van der Waals surface area contributed by atoms with Crippen molar-refractivity contribution in [3.63, 3.8) is 0 Å². The first-order valence-corrected chi connectivity index (χ1v) is 7.47. The van der Waals surface area contributed by atoms with Crippen LogP contribution in [-0.2, 0) is 11.2 Å². The van der Waals surface area contributed by atoms with Crippen LogP contribution in [-0.4, -0.2) is 41.1 Å². The summed E-state index contributed by atoms with van der Waals surface area (Å²) in [5.74, 6) is -1.07. The van der Waals surface area contributed by atoms with E-state index >= 15 is 0 Å². The highest BCUT2D eigenvalue weighted by atomic mass is 16.4. The molecule has 2 unspecified atom stereocenters. The number of likely N-dealkylation sites (tertiary alicyclic amines) is 1. The maximum Gasteiger partial charge on any atom is 0.324 e. The summed E-state index contributed by atoms with van der Waals surface area (Å²) in [5.41, 5.74) is 2.20. The highest BCUT2D eigenvalue weighted by molar-refractivity contribution is 5.94. The predicted molar refractivity (Wildman–Crippen MR) is 79.4 cm³/mol. The van der Waals surface area contributed by atoms with Gasteiger partial charge in [0.15, 0.2) is 0 Å². The van der Waals surface area contributed by atoms with Crippen LogP contribution in [0.2, 0.25) is 0 Å². The Morgan fingerprint density at radius 1 is 1.24 bits per heavy atom. The van der Waals surface area contributed by atoms with Crippen molar-refractivity contribution >= 4 is 17.7 Å². The Hall–Kier alpha value is -2.04. The van der Waals surface area contributed by atoms with E-state index in [4.69, 9.17) is 5.11 Å². The molecule has 112 valence electrons. The van der Waals surface area contributed by atoms with Crippen molar-refractivity contribution < 1.29 is 14.7 Å². The minimum atomic E-state index is -0.750. The minimum absolute atomic E-state index is 0.0105. The van der Waals surface area contributed by atoms with E-state index in [2.05, 4.69) is 6.07 Å². The molecular formula is C16H20N2O3. The molecule has 2 amide bonds. The normalized spacial score (nSPS) is 24.8. The standard InChI is InChI=1S/C16H20N2O3/c1-11-10-13(15(19)20)7-8-17(11)16(21)18-9-6-12-4-2-3-5-14(12)18/h2-5,11,13H,6-10H2,1H3,(H,19,20). The number of fused-ring (bicyclic) bond motifs is 1. The van der Waals surface area contributed by atoms with Crippen molar-refractivity contribution in [2.24, 2.45) is 5.92 Å². The van der Waals surface area contributed by atoms with Crippen LogP contribution in [0.1, 0.15) is 25.3 Å². The molecule has 1 saturated heterocycles. The number of carbonyl (C=O) groups is 2. The maximum absolute atomic E-state index is 12.8. The van der Waals surface area contributed by atoms with Crippen LogP contribution in [0, 0.1) is 5.92 Å². The highest BCUT2D eigenvalue weighted by Gasteiger charge is 2.36. The quantitative estimate of drug-likeness (QED) is 0.863. The van der Waals surface area contributed by atoms with Crippen molar-refractivity contribution in [1.29, 1.82) is 0 Å². The summed E-state index contributed by atoms with van der Waals surface area (Å²) in [6.45, 7) is 3.17. The number of amides is 2. The van der Waals surface area contributed by atoms with Gasteiger partial charge in [-0.3, -0.25) is 9.69 Å². The number of rotatable bonds is 1. The number of piperidine rings is 1. The molecule has 2 heterocycles. The topological polar surface area (TPSA) is 60.9 Å². The molecule has 2 atom stereocenters. The van der Waals surface area contributed by atoms with E-state index < -0.39 is 5.97 Å². The number of hydrogen-bond acceptors (Lipinski definition) is 2. The Morgan fingerprint density at radius 3 is 2.71 bits per heavy atom. The Bertz CT molecular complexity index is 572. The molecule has 5 heteroatoms. The fourth-order valence-corrected chi connectivity index (χ4v) is 3.37. The number of aliphatic carboxylic acids is 1. The van der Waals surface area contributed by atoms with Gasteiger partial charge in [0.05, 0.1) is 5.92 Å². The van der Waals surface area contributed by atoms with Crippen LogP contribution in [0.4, 0.5) is 10.5 Å². The molecule has 0 saturated carbocycles. The number of urea groups is 1. The van der Waals surface area contributed by atoms with E-state index in [0.717, 1.165) is 12.1 Å². The molecule has 21 heavy (non-hydrogen) atoms. The smallest absolute Gasteiger partial charge is 0.324 e. The number of anilines is 1. The third-order valence-corrected chi connectivity index (χ3v) is 4.59. The van der Waals surface area contributed by atoms with Gasteiger partial charge in [0.1, 0.15) is 0 Å². The lowest BCUT2D eigenvalue weighted by Gasteiger charge is -2.38. The first-order chi connectivity index (χ1) is 10.1. The van der Waals surface area contributed by atoms with Crippen molar-refractivity contribution in [3.05, 3.63) is 29.8 Å². The summed E-state index contributed by atoms with van der Waals surface area (Å²) >= 11 is 0. The molecule has 5 nitrogen and oxygen atoms in total. The summed E-state index contributed by atoms with van der Waals surface area (Å²) in [6.07, 6.45) is 1.97. The van der Waals surface area contributed by atoms with Gasteiger partial charge >= 0.3 is 12.0 Å². The zero-order valence-electron chi connectivity index (χ0n) is 12.2. The largest absolute Gasteiger partial charge is 0.481 e. The summed E-state index contributed by atoms with van der Waals surface area (Å²) in [6, 6.07) is 7.96. The second-order valence-corrected chi connectivity index (χ2v) is 5.91. The van der Waals surface area contributed by atoms with E-state index in [9.17, 15) is 9.59 Å². The molecule has 0 radical (unpaired) electrons. The fraction of sp³-hybridized carbons (Fsp3) is 0.500. The average Bonchev–Trinajstić information content (AvgIpc) is 2.90. The number of para-hydroxylation sites is 1. The van der Waals surface area contributed by atoms with Crippen LogP contribution in [0.15, 0.2) is 24.3 Å². The molecule has 1 fully saturated rings. The Morgan fingerprint density at radius 2 is 2.00 bits per heavy atom. The van der Waals surface area contributed by atoms with Crippen molar-refractivity contribution in [3.8, 4) is 0 Å². The van der Waals surface area contributed by atoms with Gasteiger partial charge in [-0.1, -0.05) is 18.2 Å². The van der Waals surface area contributed by atoms with Gasteiger partial charge in [0.25, 0.3) is 0 Å². The molecular weight excluding hydrogens is 268 g/mol. The van der Waals surface area contributed by atoms with E-state index in [1.54, 1.807) is 0 Å². The summed E-state index contributed by atoms with van der Waals surface area (Å²) in [5, 5.41) is 9.11. The lowest BCUT2D eigenvalue weighted by atomic mass is 9.92. The predicted octanol–water partition coefficient (Wildman–Crippen LogP) is 2.35. The Kier molecular flexibility index (Phi) is 3.57. The van der Waals surface area contributed by atoms with Gasteiger partial charge in [-0.25, -0.2) is 4.79 Å². The van der Waals surface area contributed by atoms with Crippen LogP contribution in [0.5, 0.6) is 0 Å².